The maximum atomic E-state index is 13.6. The molecule has 17 heavy (non-hydrogen) atoms. The normalized spacial score (nSPS) is 12.5. The van der Waals surface area contributed by atoms with Gasteiger partial charge in [-0.3, -0.25) is 0 Å². The van der Waals surface area contributed by atoms with Crippen LogP contribution in [0, 0.1) is 15.2 Å². The lowest BCUT2D eigenvalue weighted by Crippen LogP contribution is -1.99. The summed E-state index contributed by atoms with van der Waals surface area (Å²) in [5.74, 6) is -1.22. The van der Waals surface area contributed by atoms with Crippen LogP contribution in [-0.2, 0) is 0 Å². The second-order valence-corrected chi connectivity index (χ2v) is 5.15. The molecular weight excluding hydrogens is 356 g/mol. The molecule has 88 valence electrons. The molecule has 0 N–H and O–H groups in total. The summed E-state index contributed by atoms with van der Waals surface area (Å²) in [4.78, 5) is 0. The van der Waals surface area contributed by atoms with Crippen molar-refractivity contribution in [2.24, 2.45) is 0 Å². The molecule has 0 bridgehead atoms. The van der Waals surface area contributed by atoms with Crippen LogP contribution < -0.4 is 0 Å². The van der Waals surface area contributed by atoms with Crippen LogP contribution >= 0.6 is 34.2 Å². The molecule has 0 nitrogen and oxygen atoms in total. The Morgan fingerprint density at radius 1 is 1.00 bits per heavy atom. The SMILES string of the molecule is Fc1ccc(C(Cl)c2ccccc2I)c(F)c1. The molecule has 1 atom stereocenters. The molecule has 0 fully saturated rings. The van der Waals surface area contributed by atoms with Crippen LogP contribution in [0.2, 0.25) is 0 Å². The van der Waals surface area contributed by atoms with Crippen LogP contribution in [0.1, 0.15) is 16.5 Å². The molecule has 2 rings (SSSR count). The zero-order valence-corrected chi connectivity index (χ0v) is 11.5. The minimum Gasteiger partial charge on any atom is -0.207 e. The summed E-state index contributed by atoms with van der Waals surface area (Å²) in [6.45, 7) is 0. The molecule has 0 radical (unpaired) electrons. The van der Waals surface area contributed by atoms with Crippen LogP contribution in [0.25, 0.3) is 0 Å². The third-order valence-corrected chi connectivity index (χ3v) is 3.87. The standard InChI is InChI=1S/C13H8ClF2I/c14-13(10-3-1-2-4-12(10)17)9-6-5-8(15)7-11(9)16/h1-7,13H. The van der Waals surface area contributed by atoms with Gasteiger partial charge in [-0.05, 0) is 40.3 Å². The Labute approximate surface area is 117 Å². The maximum absolute atomic E-state index is 13.6. The lowest BCUT2D eigenvalue weighted by molar-refractivity contribution is 0.573. The van der Waals surface area contributed by atoms with Gasteiger partial charge in [0, 0.05) is 15.2 Å². The molecule has 0 amide bonds. The molecule has 2 aromatic rings. The molecular formula is C13H8ClF2I. The van der Waals surface area contributed by atoms with Crippen molar-refractivity contribution in [3.63, 3.8) is 0 Å². The summed E-state index contributed by atoms with van der Waals surface area (Å²) in [6.07, 6.45) is 0. The summed E-state index contributed by atoms with van der Waals surface area (Å²) >= 11 is 8.37. The van der Waals surface area contributed by atoms with Gasteiger partial charge in [-0.2, -0.15) is 0 Å². The Bertz CT molecular complexity index is 543. The van der Waals surface area contributed by atoms with E-state index in [0.717, 1.165) is 15.2 Å². The van der Waals surface area contributed by atoms with E-state index >= 15 is 0 Å². The van der Waals surface area contributed by atoms with Crippen molar-refractivity contribution in [2.45, 2.75) is 5.38 Å². The number of halogens is 4. The van der Waals surface area contributed by atoms with E-state index in [1.165, 1.54) is 12.1 Å². The Morgan fingerprint density at radius 2 is 1.71 bits per heavy atom. The highest BCUT2D eigenvalue weighted by atomic mass is 127. The maximum Gasteiger partial charge on any atom is 0.131 e. The largest absolute Gasteiger partial charge is 0.207 e. The van der Waals surface area contributed by atoms with Crippen LogP contribution in [0.3, 0.4) is 0 Å². The highest BCUT2D eigenvalue weighted by molar-refractivity contribution is 14.1. The van der Waals surface area contributed by atoms with Gasteiger partial charge in [-0.1, -0.05) is 24.3 Å². The Kier molecular flexibility index (Phi) is 3.99. The van der Waals surface area contributed by atoms with Crippen molar-refractivity contribution >= 4 is 34.2 Å². The fraction of sp³-hybridized carbons (Fsp3) is 0.0769. The van der Waals surface area contributed by atoms with E-state index in [1.807, 2.05) is 24.3 Å². The molecule has 1 unspecified atom stereocenters. The van der Waals surface area contributed by atoms with Crippen molar-refractivity contribution in [1.82, 2.24) is 0 Å². The molecule has 4 heteroatoms. The monoisotopic (exact) mass is 364 g/mol. The van der Waals surface area contributed by atoms with Gasteiger partial charge in [0.2, 0.25) is 0 Å². The molecule has 0 aliphatic heterocycles. The summed E-state index contributed by atoms with van der Waals surface area (Å²) < 4.78 is 27.4. The molecule has 2 aromatic carbocycles. The molecule has 0 heterocycles. The van der Waals surface area contributed by atoms with Crippen molar-refractivity contribution < 1.29 is 8.78 Å². The number of rotatable bonds is 2. The topological polar surface area (TPSA) is 0 Å². The number of alkyl halides is 1. The third-order valence-electron chi connectivity index (χ3n) is 2.41. The van der Waals surface area contributed by atoms with Gasteiger partial charge in [0.05, 0.1) is 5.38 Å². The smallest absolute Gasteiger partial charge is 0.131 e. The van der Waals surface area contributed by atoms with E-state index in [2.05, 4.69) is 22.6 Å². The minimum absolute atomic E-state index is 0.289. The summed E-state index contributed by atoms with van der Waals surface area (Å²) in [5.41, 5.74) is 1.11. The lowest BCUT2D eigenvalue weighted by atomic mass is 10.0. The molecule has 0 saturated heterocycles. The van der Waals surface area contributed by atoms with E-state index in [-0.39, 0.29) is 5.56 Å². The van der Waals surface area contributed by atoms with Crippen molar-refractivity contribution in [2.75, 3.05) is 0 Å². The predicted molar refractivity (Wildman–Crippen MR) is 73.2 cm³/mol. The molecule has 0 aromatic heterocycles. The van der Waals surface area contributed by atoms with Crippen molar-refractivity contribution in [3.8, 4) is 0 Å². The fourth-order valence-electron chi connectivity index (χ4n) is 1.56. The first kappa shape index (κ1) is 12.8. The fourth-order valence-corrected chi connectivity index (χ4v) is 2.81. The Hall–Kier alpha value is -0.680. The zero-order chi connectivity index (χ0) is 12.4. The number of hydrogen-bond donors (Lipinski definition) is 0. The highest BCUT2D eigenvalue weighted by Gasteiger charge is 2.17. The van der Waals surface area contributed by atoms with E-state index in [9.17, 15) is 8.78 Å². The Balaban J connectivity index is 2.44. The van der Waals surface area contributed by atoms with Gasteiger partial charge >= 0.3 is 0 Å². The molecule has 0 spiro atoms. The first-order valence-electron chi connectivity index (χ1n) is 4.93. The second kappa shape index (κ2) is 5.31. The summed E-state index contributed by atoms with van der Waals surface area (Å²) in [6, 6.07) is 10.9. The van der Waals surface area contributed by atoms with Gasteiger partial charge in [-0.15, -0.1) is 11.6 Å². The van der Waals surface area contributed by atoms with Crippen LogP contribution in [-0.4, -0.2) is 0 Å². The van der Waals surface area contributed by atoms with Crippen LogP contribution in [0.4, 0.5) is 8.78 Å². The van der Waals surface area contributed by atoms with E-state index in [4.69, 9.17) is 11.6 Å². The van der Waals surface area contributed by atoms with Gasteiger partial charge in [0.1, 0.15) is 11.6 Å². The quantitative estimate of drug-likeness (QED) is 0.525. The zero-order valence-electron chi connectivity index (χ0n) is 8.63. The third kappa shape index (κ3) is 2.77. The minimum atomic E-state index is -0.621. The van der Waals surface area contributed by atoms with Crippen LogP contribution in [0.5, 0.6) is 0 Å². The van der Waals surface area contributed by atoms with Crippen molar-refractivity contribution in [1.29, 1.82) is 0 Å². The van der Waals surface area contributed by atoms with E-state index in [0.29, 0.717) is 0 Å². The van der Waals surface area contributed by atoms with E-state index in [1.54, 1.807) is 0 Å². The predicted octanol–water partition coefficient (Wildman–Crippen LogP) is 4.90. The van der Waals surface area contributed by atoms with Crippen LogP contribution in [0.15, 0.2) is 42.5 Å². The first-order valence-corrected chi connectivity index (χ1v) is 6.44. The first-order chi connectivity index (χ1) is 8.09. The lowest BCUT2D eigenvalue weighted by Gasteiger charge is -2.13. The number of benzene rings is 2. The average molecular weight is 365 g/mol. The summed E-state index contributed by atoms with van der Waals surface area (Å²) in [5, 5.41) is -0.608. The number of hydrogen-bond acceptors (Lipinski definition) is 0. The molecule has 0 aliphatic rings. The Morgan fingerprint density at radius 3 is 2.35 bits per heavy atom. The van der Waals surface area contributed by atoms with Gasteiger partial charge < -0.3 is 0 Å². The second-order valence-electron chi connectivity index (χ2n) is 3.55. The van der Waals surface area contributed by atoms with E-state index < -0.39 is 17.0 Å². The highest BCUT2D eigenvalue weighted by Crippen LogP contribution is 2.33. The average Bonchev–Trinajstić information content (AvgIpc) is 2.29. The van der Waals surface area contributed by atoms with Gasteiger partial charge in [0.15, 0.2) is 0 Å². The summed E-state index contributed by atoms with van der Waals surface area (Å²) in [7, 11) is 0. The molecule has 0 saturated carbocycles. The van der Waals surface area contributed by atoms with Gasteiger partial charge in [-0.25, -0.2) is 8.78 Å². The molecule has 0 aliphatic carbocycles. The van der Waals surface area contributed by atoms with Crippen molar-refractivity contribution in [3.05, 3.63) is 68.8 Å². The van der Waals surface area contributed by atoms with Gasteiger partial charge in [0.25, 0.3) is 0 Å².